The second-order valence-electron chi connectivity index (χ2n) is 2.18. The summed E-state index contributed by atoms with van der Waals surface area (Å²) in [5.74, 6) is 0. The van der Waals surface area contributed by atoms with Crippen LogP contribution in [-0.4, -0.2) is 0 Å². The monoisotopic (exact) mass is 229 g/mol. The molecule has 0 saturated carbocycles. The van der Waals surface area contributed by atoms with Gasteiger partial charge in [0.2, 0.25) is 0 Å². The van der Waals surface area contributed by atoms with Crippen molar-refractivity contribution >= 4 is 33.6 Å². The fourth-order valence-electron chi connectivity index (χ4n) is 0.740. The summed E-state index contributed by atoms with van der Waals surface area (Å²) in [6, 6.07) is 7.81. The lowest BCUT2D eigenvalue weighted by atomic mass is 10.2. The highest BCUT2D eigenvalue weighted by molar-refractivity contribution is 9.12. The third-order valence-electron chi connectivity index (χ3n) is 1.26. The molecule has 1 aromatic rings. The highest BCUT2D eigenvalue weighted by atomic mass is 79.9. The van der Waals surface area contributed by atoms with Crippen LogP contribution >= 0.6 is 27.5 Å². The van der Waals surface area contributed by atoms with Crippen LogP contribution in [0.5, 0.6) is 0 Å². The van der Waals surface area contributed by atoms with Gasteiger partial charge in [0.1, 0.15) is 0 Å². The molecular formula is C9H7BrCl. The van der Waals surface area contributed by atoms with Crippen LogP contribution in [0.4, 0.5) is 0 Å². The minimum atomic E-state index is 0.606. The average Bonchev–Trinajstić information content (AvgIpc) is 1.93. The highest BCUT2D eigenvalue weighted by Crippen LogP contribution is 2.15. The molecule has 0 aliphatic rings. The topological polar surface area (TPSA) is 0 Å². The average molecular weight is 231 g/mol. The summed E-state index contributed by atoms with van der Waals surface area (Å²) < 4.78 is 0.606. The van der Waals surface area contributed by atoms with Crippen molar-refractivity contribution in [1.29, 1.82) is 0 Å². The van der Waals surface area contributed by atoms with Gasteiger partial charge in [0, 0.05) is 0 Å². The van der Waals surface area contributed by atoms with Crippen molar-refractivity contribution in [2.75, 3.05) is 0 Å². The van der Waals surface area contributed by atoms with E-state index in [9.17, 15) is 0 Å². The Bertz CT molecular complexity index is 257. The molecule has 0 amide bonds. The fraction of sp³-hybridized carbons (Fsp3) is 0. The molecule has 0 spiro atoms. The molecule has 0 heterocycles. The minimum Gasteiger partial charge on any atom is -0.0761 e. The van der Waals surface area contributed by atoms with Crippen molar-refractivity contribution in [3.63, 3.8) is 0 Å². The van der Waals surface area contributed by atoms with Crippen LogP contribution in [0.2, 0.25) is 0 Å². The number of benzene rings is 1. The van der Waals surface area contributed by atoms with Crippen LogP contribution in [0.1, 0.15) is 11.1 Å². The molecule has 57 valence electrons. The Kier molecular flexibility index (Phi) is 3.16. The van der Waals surface area contributed by atoms with Gasteiger partial charge in [-0.05, 0) is 40.1 Å². The summed E-state index contributed by atoms with van der Waals surface area (Å²) in [7, 11) is 0. The Balaban J connectivity index is 2.91. The second-order valence-corrected chi connectivity index (χ2v) is 3.89. The molecule has 0 nitrogen and oxygen atoms in total. The maximum Gasteiger partial charge on any atom is 0.0839 e. The third kappa shape index (κ3) is 3.08. The normalized spacial score (nSPS) is 11.7. The molecule has 0 aliphatic heterocycles. The molecule has 0 saturated heterocycles. The van der Waals surface area contributed by atoms with Crippen molar-refractivity contribution in [1.82, 2.24) is 0 Å². The molecule has 11 heavy (non-hydrogen) atoms. The van der Waals surface area contributed by atoms with Crippen molar-refractivity contribution in [3.8, 4) is 0 Å². The van der Waals surface area contributed by atoms with E-state index in [4.69, 9.17) is 11.6 Å². The van der Waals surface area contributed by atoms with Crippen molar-refractivity contribution < 1.29 is 0 Å². The first-order valence-corrected chi connectivity index (χ1v) is 4.30. The Hall–Kier alpha value is -0.270. The van der Waals surface area contributed by atoms with E-state index in [0.29, 0.717) is 3.94 Å². The number of halogens is 2. The summed E-state index contributed by atoms with van der Waals surface area (Å²) >= 11 is 8.75. The molecule has 2 heteroatoms. The van der Waals surface area contributed by atoms with E-state index in [-0.39, 0.29) is 0 Å². The van der Waals surface area contributed by atoms with Gasteiger partial charge < -0.3 is 0 Å². The van der Waals surface area contributed by atoms with Crippen LogP contribution in [-0.2, 0) is 0 Å². The van der Waals surface area contributed by atoms with Gasteiger partial charge in [0.05, 0.1) is 3.94 Å². The smallest absolute Gasteiger partial charge is 0.0761 e. The lowest BCUT2D eigenvalue weighted by Gasteiger charge is -1.93. The summed E-state index contributed by atoms with van der Waals surface area (Å²) in [6.45, 7) is 3.78. The summed E-state index contributed by atoms with van der Waals surface area (Å²) in [5, 5.41) is 0. The molecule has 0 fully saturated rings. The summed E-state index contributed by atoms with van der Waals surface area (Å²) in [6.07, 6.45) is 1.83. The van der Waals surface area contributed by atoms with Crippen LogP contribution in [0.25, 0.3) is 6.08 Å². The first kappa shape index (κ1) is 8.82. The highest BCUT2D eigenvalue weighted by Gasteiger charge is 1.88. The zero-order chi connectivity index (χ0) is 8.27. The molecule has 0 atom stereocenters. The molecule has 0 N–H and O–H groups in total. The van der Waals surface area contributed by atoms with E-state index in [0.717, 1.165) is 11.1 Å². The first-order valence-electron chi connectivity index (χ1n) is 3.13. The molecule has 1 radical (unpaired) electrons. The second kappa shape index (κ2) is 3.93. The molecule has 0 bridgehead atoms. The van der Waals surface area contributed by atoms with Crippen LogP contribution in [0.15, 0.2) is 28.2 Å². The van der Waals surface area contributed by atoms with E-state index >= 15 is 0 Å². The molecule has 0 aromatic heterocycles. The SMILES string of the molecule is [CH2]c1ccc(C=C(Cl)Br)cc1. The van der Waals surface area contributed by atoms with Gasteiger partial charge in [0.25, 0.3) is 0 Å². The van der Waals surface area contributed by atoms with Gasteiger partial charge in [-0.3, -0.25) is 0 Å². The predicted octanol–water partition coefficient (Wildman–Crippen LogP) is 3.80. The Morgan fingerprint density at radius 2 is 1.91 bits per heavy atom. The maximum absolute atomic E-state index is 5.61. The van der Waals surface area contributed by atoms with E-state index in [2.05, 4.69) is 22.9 Å². The van der Waals surface area contributed by atoms with Gasteiger partial charge in [0.15, 0.2) is 0 Å². The van der Waals surface area contributed by atoms with Crippen molar-refractivity contribution in [2.24, 2.45) is 0 Å². The number of hydrogen-bond acceptors (Lipinski definition) is 0. The van der Waals surface area contributed by atoms with Gasteiger partial charge in [-0.15, -0.1) is 0 Å². The van der Waals surface area contributed by atoms with E-state index in [1.165, 1.54) is 0 Å². The molecule has 0 aliphatic carbocycles. The predicted molar refractivity (Wildman–Crippen MR) is 53.7 cm³/mol. The maximum atomic E-state index is 5.61. The zero-order valence-electron chi connectivity index (χ0n) is 5.85. The van der Waals surface area contributed by atoms with Gasteiger partial charge in [-0.25, -0.2) is 0 Å². The zero-order valence-corrected chi connectivity index (χ0v) is 8.19. The van der Waals surface area contributed by atoms with Gasteiger partial charge in [-0.1, -0.05) is 35.9 Å². The minimum absolute atomic E-state index is 0.606. The van der Waals surface area contributed by atoms with Crippen LogP contribution in [0.3, 0.4) is 0 Å². The lowest BCUT2D eigenvalue weighted by molar-refractivity contribution is 1.59. The standard InChI is InChI=1S/C9H7BrCl/c1-7-2-4-8(5-3-7)6-9(10)11/h2-6H,1H2. The molecule has 1 aromatic carbocycles. The molecule has 1 rings (SSSR count). The van der Waals surface area contributed by atoms with E-state index in [1.54, 1.807) is 0 Å². The Morgan fingerprint density at radius 1 is 1.36 bits per heavy atom. The number of hydrogen-bond donors (Lipinski definition) is 0. The van der Waals surface area contributed by atoms with Crippen molar-refractivity contribution in [2.45, 2.75) is 0 Å². The summed E-state index contributed by atoms with van der Waals surface area (Å²) in [5.41, 5.74) is 2.08. The molecule has 0 unspecified atom stereocenters. The number of rotatable bonds is 1. The van der Waals surface area contributed by atoms with Gasteiger partial charge >= 0.3 is 0 Å². The Morgan fingerprint density at radius 3 is 2.36 bits per heavy atom. The van der Waals surface area contributed by atoms with Crippen LogP contribution in [0, 0.1) is 6.92 Å². The van der Waals surface area contributed by atoms with Crippen molar-refractivity contribution in [3.05, 3.63) is 46.3 Å². The van der Waals surface area contributed by atoms with Crippen LogP contribution < -0.4 is 0 Å². The quantitative estimate of drug-likeness (QED) is 0.688. The first-order chi connectivity index (χ1) is 5.18. The molecular weight excluding hydrogens is 223 g/mol. The third-order valence-corrected chi connectivity index (χ3v) is 1.59. The van der Waals surface area contributed by atoms with E-state index in [1.807, 2.05) is 30.3 Å². The fourth-order valence-corrected chi connectivity index (χ4v) is 1.13. The van der Waals surface area contributed by atoms with Gasteiger partial charge in [-0.2, -0.15) is 0 Å². The van der Waals surface area contributed by atoms with E-state index < -0.39 is 0 Å². The Labute approximate surface area is 80.0 Å². The lowest BCUT2D eigenvalue weighted by Crippen LogP contribution is -1.72. The largest absolute Gasteiger partial charge is 0.0839 e. The summed E-state index contributed by atoms with van der Waals surface area (Å²) in [4.78, 5) is 0.